The molecule has 26 heavy (non-hydrogen) atoms. The first-order valence-electron chi connectivity index (χ1n) is 8.06. The van der Waals surface area contributed by atoms with Crippen LogP contribution in [-0.2, 0) is 13.1 Å². The zero-order valence-electron chi connectivity index (χ0n) is 14.6. The first-order valence-corrected chi connectivity index (χ1v) is 8.06. The summed E-state index contributed by atoms with van der Waals surface area (Å²) in [5.74, 6) is 1.66. The normalized spacial score (nSPS) is 13.3. The third kappa shape index (κ3) is 2.40. The molecule has 1 aliphatic rings. The van der Waals surface area contributed by atoms with Gasteiger partial charge in [0.25, 0.3) is 0 Å². The molecule has 0 N–H and O–H groups in total. The average molecular weight is 355 g/mol. The summed E-state index contributed by atoms with van der Waals surface area (Å²) >= 11 is 0. The van der Waals surface area contributed by atoms with Crippen LogP contribution in [-0.4, -0.2) is 32.6 Å². The lowest BCUT2D eigenvalue weighted by Crippen LogP contribution is -2.34. The van der Waals surface area contributed by atoms with Crippen LogP contribution >= 0.6 is 0 Å². The average Bonchev–Trinajstić information content (AvgIpc) is 3.24. The third-order valence-electron chi connectivity index (χ3n) is 4.50. The van der Waals surface area contributed by atoms with Crippen LogP contribution in [0.5, 0.6) is 5.75 Å². The van der Waals surface area contributed by atoms with Gasteiger partial charge in [0.2, 0.25) is 0 Å². The second-order valence-corrected chi connectivity index (χ2v) is 6.05. The minimum Gasteiger partial charge on any atom is -0.497 e. The van der Waals surface area contributed by atoms with E-state index in [0.29, 0.717) is 28.7 Å². The molecule has 0 aliphatic carbocycles. The number of carbonyl (C=O) groups excluding carboxylic acids is 1. The summed E-state index contributed by atoms with van der Waals surface area (Å²) in [4.78, 5) is 30.8. The van der Waals surface area contributed by atoms with Crippen molar-refractivity contribution in [1.82, 2.24) is 19.5 Å². The minimum absolute atomic E-state index is 0.171. The number of fused-ring (bicyclic) bond motifs is 1. The summed E-state index contributed by atoms with van der Waals surface area (Å²) in [5.41, 5.74) is 1.65. The standard InChI is InChI=1S/C17H17N5O4/c1-10-14(11(2)26-19-10)8-21-16(23)18-15-9-20(17(24)22(15)21)12-5-4-6-13(7-12)25-3/h4-7H,8-9H2,1-3H3. The number of hydrogen-bond acceptors (Lipinski definition) is 6. The lowest BCUT2D eigenvalue weighted by molar-refractivity contribution is 0.244. The van der Waals surface area contributed by atoms with Gasteiger partial charge in [-0.3, -0.25) is 4.90 Å². The lowest BCUT2D eigenvalue weighted by atomic mass is 10.2. The topological polar surface area (TPSA) is 95.4 Å². The van der Waals surface area contributed by atoms with E-state index in [4.69, 9.17) is 9.26 Å². The number of benzene rings is 1. The highest BCUT2D eigenvalue weighted by Gasteiger charge is 2.33. The van der Waals surface area contributed by atoms with Crippen LogP contribution in [0.1, 0.15) is 22.8 Å². The minimum atomic E-state index is -0.473. The van der Waals surface area contributed by atoms with E-state index in [1.54, 1.807) is 44.1 Å². The first-order chi connectivity index (χ1) is 12.5. The predicted molar refractivity (Wildman–Crippen MR) is 91.5 cm³/mol. The Hall–Kier alpha value is -3.36. The summed E-state index contributed by atoms with van der Waals surface area (Å²) in [5, 5.41) is 3.89. The number of aromatic nitrogens is 4. The molecule has 0 fully saturated rings. The van der Waals surface area contributed by atoms with Gasteiger partial charge in [0, 0.05) is 17.3 Å². The number of carbonyl (C=O) groups is 1. The van der Waals surface area contributed by atoms with Crippen LogP contribution in [0.4, 0.5) is 10.5 Å². The van der Waals surface area contributed by atoms with Gasteiger partial charge in [-0.1, -0.05) is 11.2 Å². The molecule has 2 aromatic heterocycles. The zero-order valence-corrected chi connectivity index (χ0v) is 14.6. The van der Waals surface area contributed by atoms with Crippen LogP contribution in [0, 0.1) is 13.8 Å². The maximum Gasteiger partial charge on any atom is 0.364 e. The van der Waals surface area contributed by atoms with Crippen molar-refractivity contribution in [2.24, 2.45) is 0 Å². The molecule has 0 atom stereocenters. The maximum atomic E-state index is 12.9. The van der Waals surface area contributed by atoms with Gasteiger partial charge in [0.15, 0.2) is 5.82 Å². The fourth-order valence-electron chi connectivity index (χ4n) is 3.08. The molecule has 0 radical (unpaired) electrons. The molecule has 0 spiro atoms. The molecule has 1 aromatic carbocycles. The number of nitrogens with zero attached hydrogens (tertiary/aromatic N) is 5. The Labute approximate surface area is 148 Å². The van der Waals surface area contributed by atoms with E-state index in [-0.39, 0.29) is 19.1 Å². The Balaban J connectivity index is 1.72. The van der Waals surface area contributed by atoms with Gasteiger partial charge in [-0.05, 0) is 26.0 Å². The molecule has 1 amide bonds. The largest absolute Gasteiger partial charge is 0.497 e. The zero-order chi connectivity index (χ0) is 18.4. The van der Waals surface area contributed by atoms with Crippen molar-refractivity contribution in [3.05, 3.63) is 57.6 Å². The number of anilines is 1. The fraction of sp³-hybridized carbons (Fsp3) is 0.294. The van der Waals surface area contributed by atoms with Crippen molar-refractivity contribution in [1.29, 1.82) is 0 Å². The first kappa shape index (κ1) is 16.1. The molecule has 9 nitrogen and oxygen atoms in total. The molecule has 134 valence electrons. The Bertz CT molecular complexity index is 1040. The van der Waals surface area contributed by atoms with Crippen molar-refractivity contribution < 1.29 is 14.1 Å². The summed E-state index contributed by atoms with van der Waals surface area (Å²) in [7, 11) is 1.57. The molecule has 9 heteroatoms. The van der Waals surface area contributed by atoms with Gasteiger partial charge >= 0.3 is 11.7 Å². The van der Waals surface area contributed by atoms with Gasteiger partial charge in [0.05, 0.1) is 25.9 Å². The molecule has 4 rings (SSSR count). The Morgan fingerprint density at radius 2 is 2.08 bits per heavy atom. The predicted octanol–water partition coefficient (Wildman–Crippen LogP) is 1.69. The molecular formula is C17H17N5O4. The second kappa shape index (κ2) is 5.87. The number of rotatable bonds is 4. The van der Waals surface area contributed by atoms with E-state index in [2.05, 4.69) is 10.1 Å². The molecule has 0 bridgehead atoms. The lowest BCUT2D eigenvalue weighted by Gasteiger charge is -2.16. The summed E-state index contributed by atoms with van der Waals surface area (Å²) in [6.45, 7) is 3.95. The second-order valence-electron chi connectivity index (χ2n) is 6.05. The summed E-state index contributed by atoms with van der Waals surface area (Å²) < 4.78 is 13.0. The van der Waals surface area contributed by atoms with Crippen LogP contribution in [0.2, 0.25) is 0 Å². The van der Waals surface area contributed by atoms with Crippen molar-refractivity contribution >= 4 is 11.7 Å². The van der Waals surface area contributed by atoms with Gasteiger partial charge in [0.1, 0.15) is 11.5 Å². The maximum absolute atomic E-state index is 12.9. The van der Waals surface area contributed by atoms with Gasteiger partial charge in [-0.2, -0.15) is 9.67 Å². The van der Waals surface area contributed by atoms with E-state index in [9.17, 15) is 9.59 Å². The van der Waals surface area contributed by atoms with Crippen LogP contribution < -0.4 is 15.3 Å². The van der Waals surface area contributed by atoms with Crippen LogP contribution in [0.3, 0.4) is 0 Å². The SMILES string of the molecule is COc1cccc(N2Cc3nc(=O)n(Cc4c(C)noc4C)n3C2=O)c1. The Morgan fingerprint density at radius 3 is 2.77 bits per heavy atom. The van der Waals surface area contributed by atoms with E-state index in [1.807, 2.05) is 6.07 Å². The summed E-state index contributed by atoms with van der Waals surface area (Å²) in [6, 6.07) is 6.84. The highest BCUT2D eigenvalue weighted by molar-refractivity contribution is 5.95. The van der Waals surface area contributed by atoms with Gasteiger partial charge < -0.3 is 9.26 Å². The monoisotopic (exact) mass is 355 g/mol. The van der Waals surface area contributed by atoms with Crippen molar-refractivity contribution in [3.8, 4) is 5.75 Å². The highest BCUT2D eigenvalue weighted by atomic mass is 16.5. The fourth-order valence-corrected chi connectivity index (χ4v) is 3.08. The van der Waals surface area contributed by atoms with Crippen LogP contribution in [0.25, 0.3) is 0 Å². The van der Waals surface area contributed by atoms with Crippen molar-refractivity contribution in [3.63, 3.8) is 0 Å². The molecule has 3 heterocycles. The number of amides is 1. The highest BCUT2D eigenvalue weighted by Crippen LogP contribution is 2.26. The molecular weight excluding hydrogens is 338 g/mol. The van der Waals surface area contributed by atoms with E-state index in [1.165, 1.54) is 9.36 Å². The van der Waals surface area contributed by atoms with Gasteiger partial charge in [-0.15, -0.1) is 0 Å². The smallest absolute Gasteiger partial charge is 0.364 e. The third-order valence-corrected chi connectivity index (χ3v) is 4.50. The van der Waals surface area contributed by atoms with Gasteiger partial charge in [-0.25, -0.2) is 14.3 Å². The van der Waals surface area contributed by atoms with E-state index in [0.717, 1.165) is 5.56 Å². The van der Waals surface area contributed by atoms with Crippen molar-refractivity contribution in [2.75, 3.05) is 12.0 Å². The number of methoxy groups -OCH3 is 1. The summed E-state index contributed by atoms with van der Waals surface area (Å²) in [6.07, 6.45) is 0. The van der Waals surface area contributed by atoms with Crippen LogP contribution in [0.15, 0.2) is 33.6 Å². The Kier molecular flexibility index (Phi) is 3.64. The molecule has 0 saturated heterocycles. The quantitative estimate of drug-likeness (QED) is 0.707. The van der Waals surface area contributed by atoms with Crippen molar-refractivity contribution in [2.45, 2.75) is 26.9 Å². The molecule has 0 unspecified atom stereocenters. The molecule has 1 aliphatic heterocycles. The van der Waals surface area contributed by atoms with E-state index >= 15 is 0 Å². The van der Waals surface area contributed by atoms with E-state index < -0.39 is 5.69 Å². The number of hydrogen-bond donors (Lipinski definition) is 0. The Morgan fingerprint density at radius 1 is 1.27 bits per heavy atom. The molecule has 3 aromatic rings. The molecule has 0 saturated carbocycles. The number of aryl methyl sites for hydroxylation is 2. The number of ether oxygens (including phenoxy) is 1.